The summed E-state index contributed by atoms with van der Waals surface area (Å²) in [5, 5.41) is 5.09. The van der Waals surface area contributed by atoms with E-state index in [4.69, 9.17) is 4.74 Å². The van der Waals surface area contributed by atoms with Gasteiger partial charge < -0.3 is 4.74 Å². The van der Waals surface area contributed by atoms with Crippen LogP contribution < -0.4 is 10.1 Å². The van der Waals surface area contributed by atoms with Gasteiger partial charge in [0.15, 0.2) is 5.13 Å². The maximum atomic E-state index is 13.3. The number of hydrogen-bond acceptors (Lipinski definition) is 6. The van der Waals surface area contributed by atoms with Gasteiger partial charge >= 0.3 is 0 Å². The number of benzene rings is 2. The van der Waals surface area contributed by atoms with Crippen molar-refractivity contribution in [1.82, 2.24) is 9.29 Å². The van der Waals surface area contributed by atoms with E-state index in [0.717, 1.165) is 36.9 Å². The molecule has 1 saturated heterocycles. The summed E-state index contributed by atoms with van der Waals surface area (Å²) in [6, 6.07) is 14.2. The van der Waals surface area contributed by atoms with Crippen LogP contribution in [0.15, 0.2) is 58.8 Å². The van der Waals surface area contributed by atoms with Gasteiger partial charge in [-0.15, -0.1) is 11.3 Å². The number of carbonyl (C=O) groups excluding carboxylic acids is 1. The van der Waals surface area contributed by atoms with Crippen LogP contribution in [0.1, 0.15) is 36.0 Å². The van der Waals surface area contributed by atoms with Gasteiger partial charge in [0.2, 0.25) is 10.0 Å². The van der Waals surface area contributed by atoms with Crippen LogP contribution in [0, 0.1) is 0 Å². The molecule has 0 saturated carbocycles. The molecule has 0 spiro atoms. The molecule has 1 amide bonds. The summed E-state index contributed by atoms with van der Waals surface area (Å²) in [4.78, 5) is 17.4. The minimum Gasteiger partial charge on any atom is -0.495 e. The molecule has 1 aliphatic rings. The first-order chi connectivity index (χ1) is 15.5. The van der Waals surface area contributed by atoms with Crippen molar-refractivity contribution in [2.45, 2.75) is 30.6 Å². The lowest BCUT2D eigenvalue weighted by Crippen LogP contribution is -2.32. The van der Waals surface area contributed by atoms with E-state index < -0.39 is 15.9 Å². The van der Waals surface area contributed by atoms with Gasteiger partial charge in [-0.1, -0.05) is 43.2 Å². The number of anilines is 1. The van der Waals surface area contributed by atoms with Gasteiger partial charge in [0.1, 0.15) is 10.6 Å². The Hall–Kier alpha value is -2.75. The Kier molecular flexibility index (Phi) is 6.88. The highest BCUT2D eigenvalue weighted by atomic mass is 32.2. The number of hydrogen-bond donors (Lipinski definition) is 1. The number of nitrogens with one attached hydrogen (secondary N) is 1. The summed E-state index contributed by atoms with van der Waals surface area (Å²) < 4.78 is 33.4. The van der Waals surface area contributed by atoms with Crippen LogP contribution in [0.2, 0.25) is 0 Å². The Morgan fingerprint density at radius 3 is 2.47 bits per heavy atom. The van der Waals surface area contributed by atoms with Crippen LogP contribution in [0.3, 0.4) is 0 Å². The highest BCUT2D eigenvalue weighted by Crippen LogP contribution is 2.30. The lowest BCUT2D eigenvalue weighted by molar-refractivity contribution is 0.102. The van der Waals surface area contributed by atoms with Crippen LogP contribution >= 0.6 is 11.3 Å². The van der Waals surface area contributed by atoms with E-state index in [1.54, 1.807) is 6.07 Å². The zero-order chi connectivity index (χ0) is 22.6. The topological polar surface area (TPSA) is 88.6 Å². The van der Waals surface area contributed by atoms with E-state index in [0.29, 0.717) is 18.2 Å². The Morgan fingerprint density at radius 1 is 1.06 bits per heavy atom. The first kappa shape index (κ1) is 22.4. The smallest absolute Gasteiger partial charge is 0.257 e. The van der Waals surface area contributed by atoms with Crippen LogP contribution in [0.4, 0.5) is 5.13 Å². The molecule has 4 rings (SSSR count). The molecule has 2 aromatic carbocycles. The summed E-state index contributed by atoms with van der Waals surface area (Å²) in [7, 11) is -2.35. The van der Waals surface area contributed by atoms with E-state index in [1.165, 1.54) is 34.9 Å². The van der Waals surface area contributed by atoms with Gasteiger partial charge in [0.05, 0.1) is 12.8 Å². The molecule has 3 aromatic rings. The number of aromatic nitrogens is 1. The van der Waals surface area contributed by atoms with E-state index in [9.17, 15) is 13.2 Å². The molecule has 9 heteroatoms. The molecule has 7 nitrogen and oxygen atoms in total. The van der Waals surface area contributed by atoms with Crippen LogP contribution in [-0.2, 0) is 10.0 Å². The molecule has 0 bridgehead atoms. The molecule has 1 fully saturated rings. The van der Waals surface area contributed by atoms with Crippen molar-refractivity contribution >= 4 is 32.4 Å². The minimum atomic E-state index is -3.77. The number of rotatable bonds is 6. The van der Waals surface area contributed by atoms with Crippen molar-refractivity contribution in [3.63, 3.8) is 0 Å². The van der Waals surface area contributed by atoms with Gasteiger partial charge in [0.25, 0.3) is 5.91 Å². The maximum absolute atomic E-state index is 13.3. The van der Waals surface area contributed by atoms with E-state index in [-0.39, 0.29) is 16.2 Å². The number of carbonyl (C=O) groups is 1. The molecular formula is C23H25N3O4S2. The lowest BCUT2D eigenvalue weighted by atomic mass is 10.2. The van der Waals surface area contributed by atoms with Gasteiger partial charge in [0, 0.05) is 29.6 Å². The maximum Gasteiger partial charge on any atom is 0.257 e. The van der Waals surface area contributed by atoms with Gasteiger partial charge in [-0.25, -0.2) is 13.4 Å². The predicted molar refractivity (Wildman–Crippen MR) is 126 cm³/mol. The zero-order valence-electron chi connectivity index (χ0n) is 17.8. The van der Waals surface area contributed by atoms with E-state index in [2.05, 4.69) is 10.3 Å². The number of amides is 1. The number of sulfonamides is 1. The Labute approximate surface area is 192 Å². The Morgan fingerprint density at radius 2 is 1.78 bits per heavy atom. The third-order valence-corrected chi connectivity index (χ3v) is 8.08. The van der Waals surface area contributed by atoms with Crippen LogP contribution in [0.25, 0.3) is 11.3 Å². The molecule has 32 heavy (non-hydrogen) atoms. The molecule has 2 heterocycles. The minimum absolute atomic E-state index is 0.0127. The first-order valence-corrected chi connectivity index (χ1v) is 12.8. The fourth-order valence-electron chi connectivity index (χ4n) is 3.68. The molecule has 0 atom stereocenters. The fourth-order valence-corrected chi connectivity index (χ4v) is 6.10. The average molecular weight is 472 g/mol. The largest absolute Gasteiger partial charge is 0.495 e. The quantitative estimate of drug-likeness (QED) is 0.566. The molecule has 168 valence electrons. The van der Waals surface area contributed by atoms with E-state index in [1.807, 2.05) is 35.7 Å². The molecule has 0 radical (unpaired) electrons. The molecular weight excluding hydrogens is 446 g/mol. The Bertz CT molecular complexity index is 1180. The summed E-state index contributed by atoms with van der Waals surface area (Å²) in [6.45, 7) is 0.951. The lowest BCUT2D eigenvalue weighted by Gasteiger charge is -2.21. The van der Waals surface area contributed by atoms with Gasteiger partial charge in [-0.05, 0) is 31.0 Å². The summed E-state index contributed by atoms with van der Waals surface area (Å²) in [5.41, 5.74) is 1.96. The van der Waals surface area contributed by atoms with Crippen LogP contribution in [0.5, 0.6) is 5.75 Å². The third kappa shape index (κ3) is 4.85. The number of nitrogens with zero attached hydrogens (tertiary/aromatic N) is 2. The SMILES string of the molecule is COc1ccc(C(=O)Nc2nc(-c3ccccc3)cs2)cc1S(=O)(=O)N1CCCCCC1. The second kappa shape index (κ2) is 9.81. The standard InChI is InChI=1S/C23H25N3O4S2/c1-30-20-12-11-18(15-21(20)32(28,29)26-13-7-2-3-8-14-26)22(27)25-23-24-19(16-31-23)17-9-5-4-6-10-17/h4-6,9-12,15-16H,2-3,7-8,13-14H2,1H3,(H,24,25,27). The van der Waals surface area contributed by atoms with Crippen molar-refractivity contribution in [2.75, 3.05) is 25.5 Å². The second-order valence-electron chi connectivity index (χ2n) is 7.54. The van der Waals surface area contributed by atoms with Gasteiger partial charge in [-0.3, -0.25) is 10.1 Å². The number of methoxy groups -OCH3 is 1. The van der Waals surface area contributed by atoms with Crippen molar-refractivity contribution in [1.29, 1.82) is 0 Å². The molecule has 1 aliphatic heterocycles. The van der Waals surface area contributed by atoms with Crippen molar-refractivity contribution in [2.24, 2.45) is 0 Å². The molecule has 0 unspecified atom stereocenters. The summed E-state index contributed by atoms with van der Waals surface area (Å²) >= 11 is 1.32. The van der Waals surface area contributed by atoms with Gasteiger partial charge in [-0.2, -0.15) is 4.31 Å². The average Bonchev–Trinajstić information content (AvgIpc) is 3.10. The van der Waals surface area contributed by atoms with E-state index >= 15 is 0 Å². The summed E-state index contributed by atoms with van der Waals surface area (Å²) in [5.74, 6) is -0.194. The molecule has 1 N–H and O–H groups in total. The molecule has 0 aliphatic carbocycles. The highest BCUT2D eigenvalue weighted by Gasteiger charge is 2.29. The third-order valence-electron chi connectivity index (χ3n) is 5.40. The monoisotopic (exact) mass is 471 g/mol. The molecule has 1 aromatic heterocycles. The second-order valence-corrected chi connectivity index (χ2v) is 10.3. The normalized spacial score (nSPS) is 15.2. The fraction of sp³-hybridized carbons (Fsp3) is 0.304. The van der Waals surface area contributed by atoms with Crippen molar-refractivity contribution in [3.05, 3.63) is 59.5 Å². The first-order valence-electron chi connectivity index (χ1n) is 10.5. The summed E-state index contributed by atoms with van der Waals surface area (Å²) in [6.07, 6.45) is 3.69. The predicted octanol–water partition coefficient (Wildman–Crippen LogP) is 4.64. The zero-order valence-corrected chi connectivity index (χ0v) is 19.4. The van der Waals surface area contributed by atoms with Crippen molar-refractivity contribution in [3.8, 4) is 17.0 Å². The number of ether oxygens (including phenoxy) is 1. The van der Waals surface area contributed by atoms with Crippen molar-refractivity contribution < 1.29 is 17.9 Å². The number of thiazole rings is 1. The highest BCUT2D eigenvalue weighted by molar-refractivity contribution is 7.89. The van der Waals surface area contributed by atoms with Crippen LogP contribution in [-0.4, -0.2) is 43.8 Å². The Balaban J connectivity index is 1.58.